The van der Waals surface area contributed by atoms with Crippen LogP contribution in [0.3, 0.4) is 0 Å². The van der Waals surface area contributed by atoms with E-state index in [4.69, 9.17) is 16.3 Å². The predicted octanol–water partition coefficient (Wildman–Crippen LogP) is 2.59. The Morgan fingerprint density at radius 3 is 2.62 bits per heavy atom. The van der Waals surface area contributed by atoms with Crippen LogP contribution in [0.1, 0.15) is 0 Å². The van der Waals surface area contributed by atoms with Crippen LogP contribution in [0, 0.1) is 0 Å². The number of pyridine rings is 1. The molecular formula is C13H14ClN3O3S. The summed E-state index contributed by atoms with van der Waals surface area (Å²) in [5.74, 6) is 0.937. The molecule has 1 aromatic carbocycles. The first-order valence-electron chi connectivity index (χ1n) is 5.96. The second-order valence-electron chi connectivity index (χ2n) is 4.08. The Hall–Kier alpha value is -1.99. The van der Waals surface area contributed by atoms with Gasteiger partial charge < -0.3 is 10.1 Å². The Morgan fingerprint density at radius 1 is 1.24 bits per heavy atom. The van der Waals surface area contributed by atoms with Gasteiger partial charge in [-0.2, -0.15) is 0 Å². The largest absolute Gasteiger partial charge is 0.495 e. The van der Waals surface area contributed by atoms with E-state index >= 15 is 0 Å². The average Bonchev–Trinajstić information content (AvgIpc) is 2.47. The third kappa shape index (κ3) is 3.56. The van der Waals surface area contributed by atoms with Crippen molar-refractivity contribution in [2.75, 3.05) is 24.2 Å². The third-order valence-electron chi connectivity index (χ3n) is 2.70. The van der Waals surface area contributed by atoms with Crippen molar-refractivity contribution in [1.82, 2.24) is 4.98 Å². The molecular weight excluding hydrogens is 314 g/mol. The van der Waals surface area contributed by atoms with Crippen LogP contribution in [0.2, 0.25) is 5.02 Å². The number of aromatic nitrogens is 1. The van der Waals surface area contributed by atoms with Gasteiger partial charge in [0.1, 0.15) is 11.6 Å². The third-order valence-corrected chi connectivity index (χ3v) is 4.38. The first-order chi connectivity index (χ1) is 9.96. The Bertz CT molecular complexity index is 750. The number of ether oxygens (including phenoxy) is 1. The Morgan fingerprint density at radius 2 is 2.00 bits per heavy atom. The molecule has 0 aliphatic heterocycles. The van der Waals surface area contributed by atoms with E-state index in [1.165, 1.54) is 31.5 Å². The highest BCUT2D eigenvalue weighted by Crippen LogP contribution is 2.28. The van der Waals surface area contributed by atoms with E-state index in [0.29, 0.717) is 22.3 Å². The van der Waals surface area contributed by atoms with Crippen LogP contribution >= 0.6 is 11.6 Å². The molecule has 0 unspecified atom stereocenters. The molecule has 21 heavy (non-hydrogen) atoms. The summed E-state index contributed by atoms with van der Waals surface area (Å²) in [5, 5.41) is 3.11. The first-order valence-corrected chi connectivity index (χ1v) is 7.82. The average molecular weight is 328 g/mol. The van der Waals surface area contributed by atoms with Gasteiger partial charge in [-0.3, -0.25) is 4.72 Å². The molecule has 8 heteroatoms. The smallest absolute Gasteiger partial charge is 0.262 e. The van der Waals surface area contributed by atoms with Crippen LogP contribution < -0.4 is 14.8 Å². The molecule has 1 aromatic heterocycles. The lowest BCUT2D eigenvalue weighted by Crippen LogP contribution is -2.13. The SMILES string of the molecule is CNc1cc(S(=O)(=O)Nc2ccc(OC)c(Cl)c2)ccn1. The van der Waals surface area contributed by atoms with Crippen molar-refractivity contribution in [3.8, 4) is 5.75 Å². The molecule has 0 radical (unpaired) electrons. The summed E-state index contributed by atoms with van der Waals surface area (Å²) in [6.07, 6.45) is 1.42. The number of anilines is 2. The molecule has 0 saturated heterocycles. The monoisotopic (exact) mass is 327 g/mol. The molecule has 0 bridgehead atoms. The van der Waals surface area contributed by atoms with Crippen LogP contribution in [0.25, 0.3) is 0 Å². The van der Waals surface area contributed by atoms with Gasteiger partial charge in [-0.25, -0.2) is 13.4 Å². The van der Waals surface area contributed by atoms with Gasteiger partial charge in [-0.1, -0.05) is 11.6 Å². The maximum absolute atomic E-state index is 12.3. The fourth-order valence-corrected chi connectivity index (χ4v) is 2.98. The molecule has 0 saturated carbocycles. The van der Waals surface area contributed by atoms with E-state index in [9.17, 15) is 8.42 Å². The number of nitrogens with zero attached hydrogens (tertiary/aromatic N) is 1. The molecule has 0 atom stereocenters. The van der Waals surface area contributed by atoms with Gasteiger partial charge >= 0.3 is 0 Å². The Labute approximate surface area is 128 Å². The van der Waals surface area contributed by atoms with Crippen molar-refractivity contribution in [3.05, 3.63) is 41.6 Å². The lowest BCUT2D eigenvalue weighted by molar-refractivity contribution is 0.415. The van der Waals surface area contributed by atoms with E-state index in [1.54, 1.807) is 19.2 Å². The zero-order valence-corrected chi connectivity index (χ0v) is 13.0. The van der Waals surface area contributed by atoms with Crippen molar-refractivity contribution in [1.29, 1.82) is 0 Å². The zero-order valence-electron chi connectivity index (χ0n) is 11.4. The van der Waals surface area contributed by atoms with E-state index in [1.807, 2.05) is 0 Å². The summed E-state index contributed by atoms with van der Waals surface area (Å²) in [4.78, 5) is 4.08. The van der Waals surface area contributed by atoms with Gasteiger partial charge in [0.15, 0.2) is 0 Å². The molecule has 0 spiro atoms. The summed E-state index contributed by atoms with van der Waals surface area (Å²) < 4.78 is 32.1. The van der Waals surface area contributed by atoms with Crippen molar-refractivity contribution in [2.45, 2.75) is 4.90 Å². The van der Waals surface area contributed by atoms with E-state index < -0.39 is 10.0 Å². The minimum atomic E-state index is -3.71. The number of hydrogen-bond donors (Lipinski definition) is 2. The minimum Gasteiger partial charge on any atom is -0.495 e. The van der Waals surface area contributed by atoms with E-state index in [2.05, 4.69) is 15.0 Å². The second kappa shape index (κ2) is 6.19. The van der Waals surface area contributed by atoms with Crippen LogP contribution in [0.15, 0.2) is 41.4 Å². The number of sulfonamides is 1. The fraction of sp³-hybridized carbons (Fsp3) is 0.154. The molecule has 0 aliphatic rings. The number of nitrogens with one attached hydrogen (secondary N) is 2. The highest BCUT2D eigenvalue weighted by molar-refractivity contribution is 7.92. The molecule has 0 aliphatic carbocycles. The van der Waals surface area contributed by atoms with E-state index in [-0.39, 0.29) is 4.90 Å². The predicted molar refractivity (Wildman–Crippen MR) is 82.6 cm³/mol. The maximum Gasteiger partial charge on any atom is 0.262 e. The first kappa shape index (κ1) is 15.4. The lowest BCUT2D eigenvalue weighted by atomic mass is 10.3. The minimum absolute atomic E-state index is 0.105. The molecule has 0 amide bonds. The summed E-state index contributed by atoms with van der Waals surface area (Å²) in [5.41, 5.74) is 0.351. The Balaban J connectivity index is 2.30. The van der Waals surface area contributed by atoms with Crippen molar-refractivity contribution >= 4 is 33.1 Å². The molecule has 2 aromatic rings. The highest BCUT2D eigenvalue weighted by Gasteiger charge is 2.15. The van der Waals surface area contributed by atoms with Crippen LogP contribution in [0.4, 0.5) is 11.5 Å². The van der Waals surface area contributed by atoms with Gasteiger partial charge in [0, 0.05) is 19.3 Å². The van der Waals surface area contributed by atoms with Gasteiger partial charge in [0.25, 0.3) is 10.0 Å². The zero-order chi connectivity index (χ0) is 15.5. The number of rotatable bonds is 5. The topological polar surface area (TPSA) is 80.3 Å². The van der Waals surface area contributed by atoms with Crippen molar-refractivity contribution < 1.29 is 13.2 Å². The maximum atomic E-state index is 12.3. The molecule has 2 N–H and O–H groups in total. The van der Waals surface area contributed by atoms with Crippen LogP contribution in [0.5, 0.6) is 5.75 Å². The van der Waals surface area contributed by atoms with Crippen molar-refractivity contribution in [3.63, 3.8) is 0 Å². The number of benzene rings is 1. The van der Waals surface area contributed by atoms with Gasteiger partial charge in [0.05, 0.1) is 22.7 Å². The second-order valence-corrected chi connectivity index (χ2v) is 6.17. The quantitative estimate of drug-likeness (QED) is 0.882. The van der Waals surface area contributed by atoms with Gasteiger partial charge in [0.2, 0.25) is 0 Å². The number of methoxy groups -OCH3 is 1. The van der Waals surface area contributed by atoms with Gasteiger partial charge in [-0.05, 0) is 24.3 Å². The summed E-state index contributed by atoms with van der Waals surface area (Å²) in [6, 6.07) is 7.49. The van der Waals surface area contributed by atoms with Gasteiger partial charge in [-0.15, -0.1) is 0 Å². The number of halogens is 1. The molecule has 2 rings (SSSR count). The standard InChI is InChI=1S/C13H14ClN3O3S/c1-15-13-8-10(5-6-16-13)21(18,19)17-9-3-4-12(20-2)11(14)7-9/h3-8,17H,1-2H3,(H,15,16). The summed E-state index contributed by atoms with van der Waals surface area (Å²) in [7, 11) is -0.562. The van der Waals surface area contributed by atoms with E-state index in [0.717, 1.165) is 0 Å². The molecule has 0 fully saturated rings. The highest BCUT2D eigenvalue weighted by atomic mass is 35.5. The molecule has 112 valence electrons. The summed E-state index contributed by atoms with van der Waals surface area (Å²) in [6.45, 7) is 0. The van der Waals surface area contributed by atoms with Crippen molar-refractivity contribution in [2.24, 2.45) is 0 Å². The Kier molecular flexibility index (Phi) is 4.54. The van der Waals surface area contributed by atoms with Crippen LogP contribution in [-0.2, 0) is 10.0 Å². The number of hydrogen-bond acceptors (Lipinski definition) is 5. The fourth-order valence-electron chi connectivity index (χ4n) is 1.66. The molecule has 6 nitrogen and oxygen atoms in total. The molecule has 1 heterocycles. The summed E-state index contributed by atoms with van der Waals surface area (Å²) >= 11 is 5.97. The lowest BCUT2D eigenvalue weighted by Gasteiger charge is -2.10. The van der Waals surface area contributed by atoms with Crippen LogP contribution in [-0.4, -0.2) is 27.6 Å². The normalized spacial score (nSPS) is 11.0.